The summed E-state index contributed by atoms with van der Waals surface area (Å²) in [6.07, 6.45) is -0.960. The van der Waals surface area contributed by atoms with Gasteiger partial charge in [-0.2, -0.15) is 0 Å². The summed E-state index contributed by atoms with van der Waals surface area (Å²) in [6, 6.07) is 6.73. The molecule has 7 heteroatoms. The molecule has 1 aliphatic rings. The van der Waals surface area contributed by atoms with Gasteiger partial charge in [-0.3, -0.25) is 14.4 Å². The smallest absolute Gasteiger partial charge is 0.308 e. The number of esters is 1. The minimum Gasteiger partial charge on any atom is -0.481 e. The summed E-state index contributed by atoms with van der Waals surface area (Å²) >= 11 is 0. The van der Waals surface area contributed by atoms with Gasteiger partial charge in [0.25, 0.3) is 5.91 Å². The third-order valence-corrected chi connectivity index (χ3v) is 4.58. The van der Waals surface area contributed by atoms with Crippen LogP contribution in [0.15, 0.2) is 24.3 Å². The van der Waals surface area contributed by atoms with Gasteiger partial charge in [0.2, 0.25) is 5.91 Å². The monoisotopic (exact) mass is 376 g/mol. The highest BCUT2D eigenvalue weighted by Gasteiger charge is 2.37. The SMILES string of the molecule is COC(=O)C[C@H]1C(=O)NCCN1C(=O)[C@H](C)Oc1ccc(C(C)(C)C)cc1. The molecule has 27 heavy (non-hydrogen) atoms. The van der Waals surface area contributed by atoms with Crippen molar-refractivity contribution in [3.05, 3.63) is 29.8 Å². The number of hydrogen-bond donors (Lipinski definition) is 1. The van der Waals surface area contributed by atoms with Gasteiger partial charge < -0.3 is 19.7 Å². The van der Waals surface area contributed by atoms with E-state index in [0.29, 0.717) is 18.8 Å². The minimum atomic E-state index is -0.881. The van der Waals surface area contributed by atoms with Gasteiger partial charge in [-0.1, -0.05) is 32.9 Å². The third kappa shape index (κ3) is 5.21. The van der Waals surface area contributed by atoms with Crippen molar-refractivity contribution in [2.45, 2.75) is 51.7 Å². The van der Waals surface area contributed by atoms with Crippen LogP contribution in [0.4, 0.5) is 0 Å². The lowest BCUT2D eigenvalue weighted by Gasteiger charge is -2.35. The standard InChI is InChI=1S/C20H28N2O5/c1-13(27-15-8-6-14(7-9-15)20(2,3)4)19(25)22-11-10-21-18(24)16(22)12-17(23)26-5/h6-9,13,16H,10-12H2,1-5H3,(H,21,24)/t13-,16-/m0/s1. The molecule has 0 aromatic heterocycles. The molecule has 1 heterocycles. The Hall–Kier alpha value is -2.57. The average Bonchev–Trinajstić information content (AvgIpc) is 2.62. The molecule has 148 valence electrons. The maximum atomic E-state index is 12.8. The number of nitrogens with one attached hydrogen (secondary N) is 1. The van der Waals surface area contributed by atoms with Crippen molar-refractivity contribution >= 4 is 17.8 Å². The van der Waals surface area contributed by atoms with Gasteiger partial charge >= 0.3 is 5.97 Å². The number of methoxy groups -OCH3 is 1. The first-order valence-corrected chi connectivity index (χ1v) is 9.05. The van der Waals surface area contributed by atoms with Crippen LogP contribution in [0.25, 0.3) is 0 Å². The van der Waals surface area contributed by atoms with E-state index in [4.69, 9.17) is 4.74 Å². The van der Waals surface area contributed by atoms with Crippen molar-refractivity contribution in [3.63, 3.8) is 0 Å². The number of benzene rings is 1. The predicted molar refractivity (Wildman–Crippen MR) is 100 cm³/mol. The molecular weight excluding hydrogens is 348 g/mol. The normalized spacial score (nSPS) is 18.5. The Morgan fingerprint density at radius 2 is 1.89 bits per heavy atom. The number of hydrogen-bond acceptors (Lipinski definition) is 5. The summed E-state index contributed by atoms with van der Waals surface area (Å²) in [6.45, 7) is 8.67. The molecule has 0 saturated carbocycles. The molecule has 0 bridgehead atoms. The highest BCUT2D eigenvalue weighted by molar-refractivity contribution is 5.93. The lowest BCUT2D eigenvalue weighted by molar-refractivity contribution is -0.153. The summed E-state index contributed by atoms with van der Waals surface area (Å²) in [7, 11) is 1.25. The fraction of sp³-hybridized carbons (Fsp3) is 0.550. The van der Waals surface area contributed by atoms with E-state index in [0.717, 1.165) is 0 Å². The van der Waals surface area contributed by atoms with Crippen molar-refractivity contribution in [1.29, 1.82) is 0 Å². The second kappa shape index (κ2) is 8.41. The summed E-state index contributed by atoms with van der Waals surface area (Å²) in [4.78, 5) is 37.9. The molecule has 7 nitrogen and oxygen atoms in total. The zero-order valence-electron chi connectivity index (χ0n) is 16.6. The highest BCUT2D eigenvalue weighted by Crippen LogP contribution is 2.25. The first kappa shape index (κ1) is 20.7. The molecule has 0 aliphatic carbocycles. The number of amides is 2. The summed E-state index contributed by atoms with van der Waals surface area (Å²) in [5.74, 6) is -0.656. The van der Waals surface area contributed by atoms with Gasteiger partial charge in [-0.25, -0.2) is 0 Å². The molecule has 2 amide bonds. The van der Waals surface area contributed by atoms with E-state index in [1.54, 1.807) is 6.92 Å². The Labute approximate surface area is 160 Å². The van der Waals surface area contributed by atoms with Gasteiger partial charge in [-0.15, -0.1) is 0 Å². The third-order valence-electron chi connectivity index (χ3n) is 4.58. The Balaban J connectivity index is 2.08. The molecule has 1 aromatic rings. The number of carbonyl (C=O) groups is 3. The lowest BCUT2D eigenvalue weighted by Crippen LogP contribution is -2.60. The second-order valence-corrected chi connectivity index (χ2v) is 7.65. The number of carbonyl (C=O) groups excluding carboxylic acids is 3. The van der Waals surface area contributed by atoms with E-state index in [9.17, 15) is 14.4 Å². The number of nitrogens with zero attached hydrogens (tertiary/aromatic N) is 1. The number of ether oxygens (including phenoxy) is 2. The number of rotatable bonds is 5. The average molecular weight is 376 g/mol. The van der Waals surface area contributed by atoms with Crippen molar-refractivity contribution in [2.24, 2.45) is 0 Å². The number of piperazine rings is 1. The lowest BCUT2D eigenvalue weighted by atomic mass is 9.87. The van der Waals surface area contributed by atoms with Crippen molar-refractivity contribution in [2.75, 3.05) is 20.2 Å². The van der Waals surface area contributed by atoms with Crippen LogP contribution in [0.5, 0.6) is 5.75 Å². The van der Waals surface area contributed by atoms with Crippen molar-refractivity contribution in [1.82, 2.24) is 10.2 Å². The topological polar surface area (TPSA) is 84.9 Å². The van der Waals surface area contributed by atoms with Crippen LogP contribution in [0.2, 0.25) is 0 Å². The van der Waals surface area contributed by atoms with Crippen molar-refractivity contribution in [3.8, 4) is 5.75 Å². The van der Waals surface area contributed by atoms with E-state index < -0.39 is 18.1 Å². The second-order valence-electron chi connectivity index (χ2n) is 7.65. The first-order chi connectivity index (χ1) is 12.6. The van der Waals surface area contributed by atoms with E-state index in [-0.39, 0.29) is 23.7 Å². The molecule has 0 unspecified atom stereocenters. The molecule has 1 saturated heterocycles. The molecule has 1 aromatic carbocycles. The van der Waals surface area contributed by atoms with Crippen LogP contribution < -0.4 is 10.1 Å². The largest absolute Gasteiger partial charge is 0.481 e. The van der Waals surface area contributed by atoms with Gasteiger partial charge in [-0.05, 0) is 30.0 Å². The summed E-state index contributed by atoms with van der Waals surface area (Å²) in [5.41, 5.74) is 1.20. The van der Waals surface area contributed by atoms with Crippen LogP contribution in [0.1, 0.15) is 39.7 Å². The van der Waals surface area contributed by atoms with Gasteiger partial charge in [0.05, 0.1) is 13.5 Å². The zero-order valence-corrected chi connectivity index (χ0v) is 16.6. The van der Waals surface area contributed by atoms with E-state index >= 15 is 0 Å². The highest BCUT2D eigenvalue weighted by atomic mass is 16.5. The molecular formula is C20H28N2O5. The molecule has 0 radical (unpaired) electrons. The fourth-order valence-electron chi connectivity index (χ4n) is 2.94. The molecule has 1 N–H and O–H groups in total. The summed E-state index contributed by atoms with van der Waals surface area (Å²) < 4.78 is 10.4. The predicted octanol–water partition coefficient (Wildman–Crippen LogP) is 1.64. The Morgan fingerprint density at radius 1 is 1.26 bits per heavy atom. The Bertz CT molecular complexity index is 693. The van der Waals surface area contributed by atoms with Crippen LogP contribution >= 0.6 is 0 Å². The van der Waals surface area contributed by atoms with Crippen LogP contribution in [0, 0.1) is 0 Å². The van der Waals surface area contributed by atoms with E-state index in [1.165, 1.54) is 17.6 Å². The van der Waals surface area contributed by atoms with Crippen LogP contribution in [0.3, 0.4) is 0 Å². The van der Waals surface area contributed by atoms with Crippen molar-refractivity contribution < 1.29 is 23.9 Å². The fourth-order valence-corrected chi connectivity index (χ4v) is 2.94. The van der Waals surface area contributed by atoms with Gasteiger partial charge in [0.15, 0.2) is 6.10 Å². The van der Waals surface area contributed by atoms with Crippen LogP contribution in [-0.4, -0.2) is 55.0 Å². The molecule has 0 spiro atoms. The molecule has 2 atom stereocenters. The Morgan fingerprint density at radius 3 is 2.44 bits per heavy atom. The molecule has 1 aliphatic heterocycles. The minimum absolute atomic E-state index is 0.0300. The first-order valence-electron chi connectivity index (χ1n) is 9.05. The van der Waals surface area contributed by atoms with E-state index in [1.807, 2.05) is 24.3 Å². The summed E-state index contributed by atoms with van der Waals surface area (Å²) in [5, 5.41) is 2.67. The zero-order chi connectivity index (χ0) is 20.2. The van der Waals surface area contributed by atoms with E-state index in [2.05, 4.69) is 30.8 Å². The van der Waals surface area contributed by atoms with Crippen LogP contribution in [-0.2, 0) is 24.5 Å². The van der Waals surface area contributed by atoms with Gasteiger partial charge in [0, 0.05) is 13.1 Å². The Kier molecular flexibility index (Phi) is 6.46. The maximum Gasteiger partial charge on any atom is 0.308 e. The quantitative estimate of drug-likeness (QED) is 0.790. The molecule has 1 fully saturated rings. The maximum absolute atomic E-state index is 12.8. The molecule has 2 rings (SSSR count). The van der Waals surface area contributed by atoms with Gasteiger partial charge in [0.1, 0.15) is 11.8 Å².